The molecule has 1 N–H and O–H groups in total. The first kappa shape index (κ1) is 12.1. The number of hydrogen-bond donors (Lipinski definition) is 1. The molecule has 2 nitrogen and oxygen atoms in total. The molecule has 0 aliphatic carbocycles. The van der Waals surface area contributed by atoms with Crippen molar-refractivity contribution in [2.45, 2.75) is 25.8 Å². The summed E-state index contributed by atoms with van der Waals surface area (Å²) in [5.74, 6) is 0.834. The number of piperidine rings is 1. The zero-order valence-electron chi connectivity index (χ0n) is 10.3. The molecule has 16 heavy (non-hydrogen) atoms. The van der Waals surface area contributed by atoms with Crippen LogP contribution in [0.2, 0.25) is 0 Å². The number of nitrogens with zero attached hydrogens (tertiary/aromatic N) is 1. The van der Waals surface area contributed by atoms with Gasteiger partial charge in [-0.05, 0) is 57.3 Å². The van der Waals surface area contributed by atoms with E-state index in [2.05, 4.69) is 41.7 Å². The molecule has 0 bridgehead atoms. The molecule has 0 saturated carbocycles. The highest BCUT2D eigenvalue weighted by molar-refractivity contribution is 7.10. The zero-order valence-corrected chi connectivity index (χ0v) is 11.1. The quantitative estimate of drug-likeness (QED) is 0.867. The number of nitrogens with one attached hydrogen (secondary N) is 1. The minimum absolute atomic E-state index is 0.557. The maximum Gasteiger partial charge on any atom is 0.0410 e. The lowest BCUT2D eigenvalue weighted by molar-refractivity contribution is 0.201. The van der Waals surface area contributed by atoms with E-state index >= 15 is 0 Å². The third-order valence-corrected chi connectivity index (χ3v) is 4.60. The molecule has 2 atom stereocenters. The molecule has 1 aliphatic rings. The summed E-state index contributed by atoms with van der Waals surface area (Å²) in [7, 11) is 2.25. The van der Waals surface area contributed by atoms with Crippen LogP contribution >= 0.6 is 11.3 Å². The van der Waals surface area contributed by atoms with Crippen molar-refractivity contribution in [3.05, 3.63) is 22.4 Å². The third-order valence-electron chi connectivity index (χ3n) is 3.56. The topological polar surface area (TPSA) is 15.3 Å². The van der Waals surface area contributed by atoms with Crippen LogP contribution in [0.4, 0.5) is 0 Å². The molecular weight excluding hydrogens is 216 g/mol. The van der Waals surface area contributed by atoms with Gasteiger partial charge >= 0.3 is 0 Å². The highest BCUT2D eigenvalue weighted by Crippen LogP contribution is 2.24. The summed E-state index contributed by atoms with van der Waals surface area (Å²) >= 11 is 1.86. The van der Waals surface area contributed by atoms with E-state index in [0.29, 0.717) is 6.04 Å². The standard InChI is InChI=1S/C13H22N2S/c1-11(13-6-4-8-16-13)15(2)10-12-5-3-7-14-9-12/h4,6,8,11-12,14H,3,5,7,9-10H2,1-2H3/t11-,12-/m0/s1. The Balaban J connectivity index is 1.84. The molecule has 1 saturated heterocycles. The van der Waals surface area contributed by atoms with Gasteiger partial charge in [0.15, 0.2) is 0 Å². The van der Waals surface area contributed by atoms with Crippen LogP contribution in [0, 0.1) is 5.92 Å². The Hall–Kier alpha value is -0.380. The van der Waals surface area contributed by atoms with E-state index in [9.17, 15) is 0 Å². The van der Waals surface area contributed by atoms with Crippen molar-refractivity contribution in [2.24, 2.45) is 5.92 Å². The first-order valence-electron chi connectivity index (χ1n) is 6.21. The fourth-order valence-electron chi connectivity index (χ4n) is 2.39. The van der Waals surface area contributed by atoms with Crippen LogP contribution in [0.5, 0.6) is 0 Å². The summed E-state index contributed by atoms with van der Waals surface area (Å²) in [5.41, 5.74) is 0. The van der Waals surface area contributed by atoms with Crippen molar-refractivity contribution < 1.29 is 0 Å². The molecule has 1 aromatic heterocycles. The van der Waals surface area contributed by atoms with E-state index in [1.54, 1.807) is 0 Å². The summed E-state index contributed by atoms with van der Waals surface area (Å²) in [6.45, 7) is 5.93. The van der Waals surface area contributed by atoms with Crippen molar-refractivity contribution >= 4 is 11.3 Å². The molecule has 1 fully saturated rings. The first-order chi connectivity index (χ1) is 7.77. The maximum atomic E-state index is 3.49. The second-order valence-electron chi connectivity index (χ2n) is 4.84. The molecule has 1 aromatic rings. The van der Waals surface area contributed by atoms with Gasteiger partial charge in [0.2, 0.25) is 0 Å². The second-order valence-corrected chi connectivity index (χ2v) is 5.82. The van der Waals surface area contributed by atoms with E-state index in [4.69, 9.17) is 0 Å². The van der Waals surface area contributed by atoms with Gasteiger partial charge in [-0.2, -0.15) is 0 Å². The van der Waals surface area contributed by atoms with Crippen molar-refractivity contribution in [3.63, 3.8) is 0 Å². The van der Waals surface area contributed by atoms with Crippen LogP contribution in [0.1, 0.15) is 30.7 Å². The monoisotopic (exact) mass is 238 g/mol. The molecule has 2 heterocycles. The Morgan fingerprint density at radius 2 is 2.50 bits per heavy atom. The number of hydrogen-bond acceptors (Lipinski definition) is 3. The van der Waals surface area contributed by atoms with Crippen LogP contribution in [-0.4, -0.2) is 31.6 Å². The normalized spacial score (nSPS) is 23.6. The minimum Gasteiger partial charge on any atom is -0.316 e. The van der Waals surface area contributed by atoms with Gasteiger partial charge in [-0.25, -0.2) is 0 Å². The average Bonchev–Trinajstić information content (AvgIpc) is 2.83. The van der Waals surface area contributed by atoms with Gasteiger partial charge in [0.25, 0.3) is 0 Å². The summed E-state index contributed by atoms with van der Waals surface area (Å²) in [5, 5.41) is 5.66. The maximum absolute atomic E-state index is 3.49. The lowest BCUT2D eigenvalue weighted by Gasteiger charge is -2.30. The largest absolute Gasteiger partial charge is 0.316 e. The van der Waals surface area contributed by atoms with E-state index in [-0.39, 0.29) is 0 Å². The van der Waals surface area contributed by atoms with Gasteiger partial charge in [0.05, 0.1) is 0 Å². The molecule has 1 aliphatic heterocycles. The molecule has 0 spiro atoms. The number of rotatable bonds is 4. The molecule has 90 valence electrons. The van der Waals surface area contributed by atoms with E-state index in [0.717, 1.165) is 5.92 Å². The highest BCUT2D eigenvalue weighted by Gasteiger charge is 2.19. The molecule has 0 radical (unpaired) electrons. The van der Waals surface area contributed by atoms with Gasteiger partial charge in [-0.1, -0.05) is 6.07 Å². The zero-order chi connectivity index (χ0) is 11.4. The highest BCUT2D eigenvalue weighted by atomic mass is 32.1. The molecule has 0 unspecified atom stereocenters. The average molecular weight is 238 g/mol. The minimum atomic E-state index is 0.557. The van der Waals surface area contributed by atoms with Crippen LogP contribution in [-0.2, 0) is 0 Å². The fourth-order valence-corrected chi connectivity index (χ4v) is 3.24. The predicted octanol–water partition coefficient (Wildman–Crippen LogP) is 2.74. The predicted molar refractivity (Wildman–Crippen MR) is 71.0 cm³/mol. The Morgan fingerprint density at radius 3 is 3.12 bits per heavy atom. The van der Waals surface area contributed by atoms with Gasteiger partial charge in [-0.3, -0.25) is 4.90 Å². The van der Waals surface area contributed by atoms with Gasteiger partial charge in [0.1, 0.15) is 0 Å². The van der Waals surface area contributed by atoms with E-state index < -0.39 is 0 Å². The lowest BCUT2D eigenvalue weighted by Crippen LogP contribution is -2.37. The summed E-state index contributed by atoms with van der Waals surface area (Å²) in [6, 6.07) is 4.94. The van der Waals surface area contributed by atoms with Crippen molar-refractivity contribution in [3.8, 4) is 0 Å². The summed E-state index contributed by atoms with van der Waals surface area (Å²) < 4.78 is 0. The van der Waals surface area contributed by atoms with Gasteiger partial charge in [-0.15, -0.1) is 11.3 Å². The SMILES string of the molecule is C[C@@H](c1cccs1)N(C)C[C@H]1CCCNC1. The van der Waals surface area contributed by atoms with Gasteiger partial charge in [0, 0.05) is 17.5 Å². The number of thiophene rings is 1. The Kier molecular flexibility index (Phi) is 4.38. The molecule has 3 heteroatoms. The van der Waals surface area contributed by atoms with Crippen LogP contribution in [0.25, 0.3) is 0 Å². The Labute approximate surface area is 103 Å². The van der Waals surface area contributed by atoms with Crippen molar-refractivity contribution in [1.29, 1.82) is 0 Å². The Bertz CT molecular complexity index is 291. The first-order valence-corrected chi connectivity index (χ1v) is 7.09. The lowest BCUT2D eigenvalue weighted by atomic mass is 9.98. The van der Waals surface area contributed by atoms with Crippen LogP contribution < -0.4 is 5.32 Å². The molecule has 0 aromatic carbocycles. The third kappa shape index (κ3) is 3.06. The summed E-state index contributed by atoms with van der Waals surface area (Å²) in [4.78, 5) is 3.97. The molecular formula is C13H22N2S. The van der Waals surface area contributed by atoms with Crippen molar-refractivity contribution in [1.82, 2.24) is 10.2 Å². The summed E-state index contributed by atoms with van der Waals surface area (Å²) in [6.07, 6.45) is 2.72. The van der Waals surface area contributed by atoms with Gasteiger partial charge < -0.3 is 5.32 Å². The Morgan fingerprint density at radius 1 is 1.62 bits per heavy atom. The van der Waals surface area contributed by atoms with Crippen LogP contribution in [0.3, 0.4) is 0 Å². The van der Waals surface area contributed by atoms with E-state index in [1.165, 1.54) is 37.4 Å². The van der Waals surface area contributed by atoms with Crippen molar-refractivity contribution in [2.75, 3.05) is 26.7 Å². The molecule has 0 amide bonds. The second kappa shape index (κ2) is 5.80. The molecule has 2 rings (SSSR count). The smallest absolute Gasteiger partial charge is 0.0410 e. The van der Waals surface area contributed by atoms with E-state index in [1.807, 2.05) is 11.3 Å². The fraction of sp³-hybridized carbons (Fsp3) is 0.692. The van der Waals surface area contributed by atoms with Crippen LogP contribution in [0.15, 0.2) is 17.5 Å².